The molecule has 0 aliphatic heterocycles. The van der Waals surface area contributed by atoms with Gasteiger partial charge in [-0.25, -0.2) is 5.43 Å². The van der Waals surface area contributed by atoms with E-state index >= 15 is 0 Å². The second-order valence-electron chi connectivity index (χ2n) is 6.05. The van der Waals surface area contributed by atoms with Gasteiger partial charge in [0.1, 0.15) is 11.5 Å². The summed E-state index contributed by atoms with van der Waals surface area (Å²) in [5.74, 6) is 0.772. The van der Waals surface area contributed by atoms with Gasteiger partial charge < -0.3 is 9.73 Å². The predicted molar refractivity (Wildman–Crippen MR) is 104 cm³/mol. The fraction of sp³-hybridized carbons (Fsp3) is 0.0952. The number of nitrogens with zero attached hydrogens (tertiary/aromatic N) is 1. The molecule has 0 fully saturated rings. The Morgan fingerprint density at radius 1 is 0.926 bits per heavy atom. The van der Waals surface area contributed by atoms with Gasteiger partial charge in [-0.2, -0.15) is 5.10 Å². The summed E-state index contributed by atoms with van der Waals surface area (Å²) in [6, 6.07) is 17.5. The Kier molecular flexibility index (Phi) is 5.47. The fourth-order valence-electron chi connectivity index (χ4n) is 2.44. The van der Waals surface area contributed by atoms with Crippen LogP contribution in [0.4, 0.5) is 5.69 Å². The van der Waals surface area contributed by atoms with Crippen LogP contribution < -0.4 is 10.7 Å². The third kappa shape index (κ3) is 4.92. The molecule has 0 saturated carbocycles. The fourth-order valence-corrected chi connectivity index (χ4v) is 2.44. The van der Waals surface area contributed by atoms with E-state index in [1.807, 2.05) is 38.1 Å². The highest BCUT2D eigenvalue weighted by Crippen LogP contribution is 2.12. The molecule has 2 N–H and O–H groups in total. The van der Waals surface area contributed by atoms with Gasteiger partial charge in [-0.15, -0.1) is 0 Å². The summed E-state index contributed by atoms with van der Waals surface area (Å²) in [5.41, 5.74) is 5.06. The van der Waals surface area contributed by atoms with Crippen molar-refractivity contribution in [3.63, 3.8) is 0 Å². The molecule has 6 nitrogen and oxygen atoms in total. The number of anilines is 1. The van der Waals surface area contributed by atoms with Crippen molar-refractivity contribution in [2.75, 3.05) is 5.32 Å². The number of carbonyl (C=O) groups is 2. The Morgan fingerprint density at radius 3 is 2.37 bits per heavy atom. The van der Waals surface area contributed by atoms with E-state index in [0.717, 1.165) is 11.3 Å². The first-order valence-electron chi connectivity index (χ1n) is 8.39. The first-order valence-corrected chi connectivity index (χ1v) is 8.39. The van der Waals surface area contributed by atoms with Gasteiger partial charge in [0.2, 0.25) is 0 Å². The zero-order chi connectivity index (χ0) is 19.2. The smallest absolute Gasteiger partial charge is 0.271 e. The van der Waals surface area contributed by atoms with Crippen molar-refractivity contribution in [3.05, 3.63) is 88.9 Å². The lowest BCUT2D eigenvalue weighted by atomic mass is 10.1. The summed E-state index contributed by atoms with van der Waals surface area (Å²) in [6.07, 6.45) is 1.43. The van der Waals surface area contributed by atoms with Gasteiger partial charge in [0, 0.05) is 16.8 Å². The molecule has 0 unspecified atom stereocenters. The third-order valence-electron chi connectivity index (χ3n) is 3.80. The zero-order valence-corrected chi connectivity index (χ0v) is 15.0. The number of hydrogen-bond donors (Lipinski definition) is 2. The van der Waals surface area contributed by atoms with Crippen molar-refractivity contribution >= 4 is 23.7 Å². The predicted octanol–water partition coefficient (Wildman–Crippen LogP) is 3.91. The van der Waals surface area contributed by atoms with Crippen LogP contribution in [0.2, 0.25) is 0 Å². The van der Waals surface area contributed by atoms with Crippen LogP contribution in [0.5, 0.6) is 0 Å². The van der Waals surface area contributed by atoms with Crippen LogP contribution >= 0.6 is 0 Å². The number of benzene rings is 2. The monoisotopic (exact) mass is 361 g/mol. The molecule has 0 atom stereocenters. The number of hydrazone groups is 1. The Hall–Kier alpha value is -3.67. The van der Waals surface area contributed by atoms with Crippen molar-refractivity contribution in [3.8, 4) is 0 Å². The highest BCUT2D eigenvalue weighted by Gasteiger charge is 2.08. The first-order chi connectivity index (χ1) is 13.0. The van der Waals surface area contributed by atoms with Crippen LogP contribution in [0.1, 0.15) is 37.8 Å². The van der Waals surface area contributed by atoms with Gasteiger partial charge in [-0.3, -0.25) is 9.59 Å². The largest absolute Gasteiger partial charge is 0.460 e. The Balaban J connectivity index is 1.58. The lowest BCUT2D eigenvalue weighted by Gasteiger charge is -2.07. The number of amides is 2. The number of hydrogen-bond acceptors (Lipinski definition) is 4. The molecule has 0 aliphatic carbocycles. The van der Waals surface area contributed by atoms with Crippen LogP contribution in [0.15, 0.2) is 70.2 Å². The molecule has 6 heteroatoms. The molecule has 27 heavy (non-hydrogen) atoms. The molecule has 0 spiro atoms. The normalized spacial score (nSPS) is 10.7. The van der Waals surface area contributed by atoms with E-state index in [1.54, 1.807) is 36.4 Å². The van der Waals surface area contributed by atoms with Crippen LogP contribution in [0, 0.1) is 13.8 Å². The summed E-state index contributed by atoms with van der Waals surface area (Å²) >= 11 is 0. The van der Waals surface area contributed by atoms with Gasteiger partial charge in [-0.1, -0.05) is 17.7 Å². The van der Waals surface area contributed by atoms with Crippen LogP contribution in [-0.2, 0) is 0 Å². The molecule has 2 aromatic carbocycles. The number of furan rings is 1. The van der Waals surface area contributed by atoms with Gasteiger partial charge in [0.25, 0.3) is 11.8 Å². The molecule has 3 rings (SSSR count). The van der Waals surface area contributed by atoms with Gasteiger partial charge in [0.15, 0.2) is 0 Å². The van der Waals surface area contributed by atoms with Gasteiger partial charge in [-0.05, 0) is 62.4 Å². The summed E-state index contributed by atoms with van der Waals surface area (Å²) < 4.78 is 5.33. The maximum Gasteiger partial charge on any atom is 0.271 e. The van der Waals surface area contributed by atoms with Crippen molar-refractivity contribution in [2.24, 2.45) is 5.10 Å². The number of rotatable bonds is 5. The Morgan fingerprint density at radius 2 is 1.70 bits per heavy atom. The van der Waals surface area contributed by atoms with Crippen molar-refractivity contribution < 1.29 is 14.0 Å². The molecule has 1 heterocycles. The molecule has 0 saturated heterocycles. The van der Waals surface area contributed by atoms with E-state index in [0.29, 0.717) is 22.6 Å². The molecule has 136 valence electrons. The van der Waals surface area contributed by atoms with E-state index in [2.05, 4.69) is 15.8 Å². The molecule has 1 aromatic heterocycles. The molecule has 0 radical (unpaired) electrons. The lowest BCUT2D eigenvalue weighted by molar-refractivity contribution is 0.0954. The summed E-state index contributed by atoms with van der Waals surface area (Å²) in [4.78, 5) is 24.3. The van der Waals surface area contributed by atoms with Crippen LogP contribution in [-0.4, -0.2) is 18.0 Å². The topological polar surface area (TPSA) is 83.7 Å². The van der Waals surface area contributed by atoms with Gasteiger partial charge in [0.05, 0.1) is 6.21 Å². The minimum atomic E-state index is -0.355. The van der Waals surface area contributed by atoms with E-state index in [-0.39, 0.29) is 11.8 Å². The quantitative estimate of drug-likeness (QED) is 0.534. The molecular weight excluding hydrogens is 342 g/mol. The summed E-state index contributed by atoms with van der Waals surface area (Å²) in [7, 11) is 0. The molecular formula is C21H19N3O3. The SMILES string of the molecule is Cc1cccc(C(=O)Nc2ccc(C(=O)NN=Cc3ccc(C)o3)cc2)c1. The second-order valence-corrected chi connectivity index (χ2v) is 6.05. The van der Waals surface area contributed by atoms with Gasteiger partial charge >= 0.3 is 0 Å². The van der Waals surface area contributed by atoms with E-state index in [1.165, 1.54) is 6.21 Å². The average Bonchev–Trinajstić information content (AvgIpc) is 3.07. The molecule has 0 aliphatic rings. The molecule has 3 aromatic rings. The van der Waals surface area contributed by atoms with E-state index in [9.17, 15) is 9.59 Å². The Labute approximate surface area is 156 Å². The maximum atomic E-state index is 12.2. The minimum Gasteiger partial charge on any atom is -0.460 e. The Bertz CT molecular complexity index is 988. The van der Waals surface area contributed by atoms with E-state index < -0.39 is 0 Å². The van der Waals surface area contributed by atoms with Crippen LogP contribution in [0.25, 0.3) is 0 Å². The second kappa shape index (κ2) is 8.14. The van der Waals surface area contributed by atoms with Crippen molar-refractivity contribution in [1.82, 2.24) is 5.43 Å². The maximum absolute atomic E-state index is 12.2. The third-order valence-corrected chi connectivity index (χ3v) is 3.80. The summed E-state index contributed by atoms with van der Waals surface area (Å²) in [5, 5.41) is 6.67. The molecule has 2 amide bonds. The van der Waals surface area contributed by atoms with E-state index in [4.69, 9.17) is 4.42 Å². The first kappa shape index (κ1) is 18.1. The minimum absolute atomic E-state index is 0.200. The highest BCUT2D eigenvalue weighted by atomic mass is 16.3. The lowest BCUT2D eigenvalue weighted by Crippen LogP contribution is -2.17. The number of nitrogens with one attached hydrogen (secondary N) is 2. The molecule has 0 bridgehead atoms. The standard InChI is InChI=1S/C21H19N3O3/c1-14-4-3-5-17(12-14)20(25)23-18-9-7-16(8-10-18)21(26)24-22-13-19-11-6-15(2)27-19/h3-13H,1-2H3,(H,23,25)(H,24,26). The number of aryl methyl sites for hydroxylation is 2. The van der Waals surface area contributed by atoms with Crippen molar-refractivity contribution in [1.29, 1.82) is 0 Å². The average molecular weight is 361 g/mol. The highest BCUT2D eigenvalue weighted by molar-refractivity contribution is 6.04. The van der Waals surface area contributed by atoms with Crippen molar-refractivity contribution in [2.45, 2.75) is 13.8 Å². The summed E-state index contributed by atoms with van der Waals surface area (Å²) in [6.45, 7) is 3.76. The zero-order valence-electron chi connectivity index (χ0n) is 15.0. The van der Waals surface area contributed by atoms with Crippen LogP contribution in [0.3, 0.4) is 0 Å². The number of carbonyl (C=O) groups excluding carboxylic acids is 2.